The monoisotopic (exact) mass is 503 g/mol. The standard InChI is InChI=1S/C25H33N3O6S/c1-4-28(19-11-13-35(33,34)14-12-19)22-10-5-17(25(2,3)16-23(30)31)15-21(22)27-24(32)26-18-6-8-20(29)9-7-18/h5-10,15,19,29H,4,11-14,16H2,1-3H3,(H,30,31)(H2,26,27,32). The SMILES string of the molecule is CCN(c1ccc(C(C)(C)CC(=O)O)cc1NC(=O)Nc1ccc(O)cc1)C1CCS(=O)(=O)CC1. The number of benzene rings is 2. The van der Waals surface area contributed by atoms with Gasteiger partial charge in [0, 0.05) is 23.7 Å². The van der Waals surface area contributed by atoms with Crippen molar-refractivity contribution in [1.29, 1.82) is 0 Å². The number of nitrogens with zero attached hydrogens (tertiary/aromatic N) is 1. The van der Waals surface area contributed by atoms with Crippen molar-refractivity contribution in [2.45, 2.75) is 51.5 Å². The highest BCUT2D eigenvalue weighted by atomic mass is 32.2. The molecule has 1 aliphatic rings. The van der Waals surface area contributed by atoms with Gasteiger partial charge in [0.25, 0.3) is 0 Å². The van der Waals surface area contributed by atoms with Gasteiger partial charge in [0.1, 0.15) is 15.6 Å². The highest BCUT2D eigenvalue weighted by molar-refractivity contribution is 7.91. The Labute approximate surface area is 206 Å². The number of phenolic OH excluding ortho intramolecular Hbond substituents is 1. The summed E-state index contributed by atoms with van der Waals surface area (Å²) in [6.45, 7) is 6.25. The van der Waals surface area contributed by atoms with Gasteiger partial charge in [-0.2, -0.15) is 0 Å². The number of carbonyl (C=O) groups is 2. The van der Waals surface area contributed by atoms with E-state index >= 15 is 0 Å². The first-order valence-electron chi connectivity index (χ1n) is 11.6. The first kappa shape index (κ1) is 26.3. The number of aromatic hydroxyl groups is 1. The van der Waals surface area contributed by atoms with E-state index in [0.29, 0.717) is 30.8 Å². The van der Waals surface area contributed by atoms with Gasteiger partial charge in [0.05, 0.1) is 29.3 Å². The van der Waals surface area contributed by atoms with Crippen LogP contribution in [0.4, 0.5) is 21.9 Å². The van der Waals surface area contributed by atoms with Crippen LogP contribution in [0, 0.1) is 0 Å². The molecule has 0 radical (unpaired) electrons. The summed E-state index contributed by atoms with van der Waals surface area (Å²) in [6.07, 6.45) is 0.923. The molecule has 0 spiro atoms. The third-order valence-electron chi connectivity index (χ3n) is 6.36. The zero-order chi connectivity index (χ0) is 25.8. The largest absolute Gasteiger partial charge is 0.508 e. The molecule has 3 rings (SSSR count). The summed E-state index contributed by atoms with van der Waals surface area (Å²) in [5, 5.41) is 24.4. The van der Waals surface area contributed by atoms with E-state index in [1.54, 1.807) is 18.2 Å². The number of rotatable bonds is 8. The summed E-state index contributed by atoms with van der Waals surface area (Å²) in [5.41, 5.74) is 1.82. The molecule has 0 aliphatic carbocycles. The molecule has 0 unspecified atom stereocenters. The molecule has 0 saturated carbocycles. The predicted molar refractivity (Wildman–Crippen MR) is 137 cm³/mol. The minimum atomic E-state index is -3.02. The van der Waals surface area contributed by atoms with E-state index in [1.165, 1.54) is 12.1 Å². The number of nitrogens with one attached hydrogen (secondary N) is 2. The zero-order valence-corrected chi connectivity index (χ0v) is 21.1. The van der Waals surface area contributed by atoms with Crippen LogP contribution < -0.4 is 15.5 Å². The Hall–Kier alpha value is -3.27. The second kappa shape index (κ2) is 10.6. The number of urea groups is 1. The van der Waals surface area contributed by atoms with Crippen molar-refractivity contribution in [3.05, 3.63) is 48.0 Å². The second-order valence-electron chi connectivity index (χ2n) is 9.48. The lowest BCUT2D eigenvalue weighted by Crippen LogP contribution is -2.42. The van der Waals surface area contributed by atoms with Crippen molar-refractivity contribution >= 4 is 38.9 Å². The fourth-order valence-electron chi connectivity index (χ4n) is 4.43. The Balaban J connectivity index is 1.94. The van der Waals surface area contributed by atoms with Gasteiger partial charge < -0.3 is 25.7 Å². The molecule has 2 amide bonds. The summed E-state index contributed by atoms with van der Waals surface area (Å²) < 4.78 is 23.9. The van der Waals surface area contributed by atoms with Crippen LogP contribution in [0.25, 0.3) is 0 Å². The van der Waals surface area contributed by atoms with Gasteiger partial charge in [-0.1, -0.05) is 19.9 Å². The third-order valence-corrected chi connectivity index (χ3v) is 8.08. The summed E-state index contributed by atoms with van der Waals surface area (Å²) >= 11 is 0. The van der Waals surface area contributed by atoms with Crippen LogP contribution in [0.2, 0.25) is 0 Å². The Morgan fingerprint density at radius 2 is 1.69 bits per heavy atom. The van der Waals surface area contributed by atoms with E-state index in [4.69, 9.17) is 0 Å². The summed E-state index contributed by atoms with van der Waals surface area (Å²) in [7, 11) is -3.02. The van der Waals surface area contributed by atoms with Crippen LogP contribution >= 0.6 is 0 Å². The van der Waals surface area contributed by atoms with Crippen LogP contribution in [-0.2, 0) is 20.0 Å². The van der Waals surface area contributed by atoms with E-state index in [-0.39, 0.29) is 29.7 Å². The Morgan fingerprint density at radius 3 is 2.26 bits per heavy atom. The van der Waals surface area contributed by atoms with Crippen molar-refractivity contribution in [3.8, 4) is 5.75 Å². The number of phenols is 1. The smallest absolute Gasteiger partial charge is 0.323 e. The molecule has 0 bridgehead atoms. The number of carbonyl (C=O) groups excluding carboxylic acids is 1. The highest BCUT2D eigenvalue weighted by Crippen LogP contribution is 2.36. The van der Waals surface area contributed by atoms with Crippen molar-refractivity contribution < 1.29 is 28.2 Å². The van der Waals surface area contributed by atoms with Gasteiger partial charge in [0.2, 0.25) is 0 Å². The molecule has 0 atom stereocenters. The van der Waals surface area contributed by atoms with Gasteiger partial charge in [-0.15, -0.1) is 0 Å². The van der Waals surface area contributed by atoms with Gasteiger partial charge in [-0.05, 0) is 61.7 Å². The molecule has 1 heterocycles. The van der Waals surface area contributed by atoms with Crippen molar-refractivity contribution in [1.82, 2.24) is 0 Å². The molecule has 2 aromatic carbocycles. The molecule has 9 nitrogen and oxygen atoms in total. The average Bonchev–Trinajstić information content (AvgIpc) is 2.76. The lowest BCUT2D eigenvalue weighted by molar-refractivity contribution is -0.138. The fraction of sp³-hybridized carbons (Fsp3) is 0.440. The molecule has 4 N–H and O–H groups in total. The number of aliphatic carboxylic acids is 1. The number of hydrogen-bond acceptors (Lipinski definition) is 6. The van der Waals surface area contributed by atoms with E-state index < -0.39 is 27.3 Å². The Kier molecular flexibility index (Phi) is 7.94. The Bertz CT molecular complexity index is 1160. The minimum Gasteiger partial charge on any atom is -0.508 e. The molecular weight excluding hydrogens is 470 g/mol. The van der Waals surface area contributed by atoms with Crippen molar-refractivity contribution in [2.24, 2.45) is 0 Å². The normalized spacial score (nSPS) is 15.9. The first-order valence-corrected chi connectivity index (χ1v) is 13.4. The molecule has 10 heteroatoms. The van der Waals surface area contributed by atoms with Crippen LogP contribution in [0.15, 0.2) is 42.5 Å². The minimum absolute atomic E-state index is 0.00196. The number of carboxylic acid groups (broad SMARTS) is 1. The lowest BCUT2D eigenvalue weighted by atomic mass is 9.81. The molecule has 1 saturated heterocycles. The van der Waals surface area contributed by atoms with Gasteiger partial charge >= 0.3 is 12.0 Å². The van der Waals surface area contributed by atoms with Crippen molar-refractivity contribution in [3.63, 3.8) is 0 Å². The summed E-state index contributed by atoms with van der Waals surface area (Å²) in [6, 6.07) is 11.1. The quantitative estimate of drug-likeness (QED) is 0.397. The lowest BCUT2D eigenvalue weighted by Gasteiger charge is -2.37. The maximum Gasteiger partial charge on any atom is 0.323 e. The number of hydrogen-bond donors (Lipinski definition) is 4. The second-order valence-corrected chi connectivity index (χ2v) is 11.8. The maximum absolute atomic E-state index is 12.9. The van der Waals surface area contributed by atoms with E-state index in [1.807, 2.05) is 32.9 Å². The van der Waals surface area contributed by atoms with Crippen LogP contribution in [0.3, 0.4) is 0 Å². The van der Waals surface area contributed by atoms with E-state index in [2.05, 4.69) is 15.5 Å². The van der Waals surface area contributed by atoms with E-state index in [0.717, 1.165) is 11.3 Å². The molecule has 35 heavy (non-hydrogen) atoms. The van der Waals surface area contributed by atoms with Gasteiger partial charge in [-0.3, -0.25) is 4.79 Å². The maximum atomic E-state index is 12.9. The molecular formula is C25H33N3O6S. The summed E-state index contributed by atoms with van der Waals surface area (Å²) in [5.74, 6) is -0.582. The number of carboxylic acids is 1. The van der Waals surface area contributed by atoms with Gasteiger partial charge in [0.15, 0.2) is 0 Å². The third kappa shape index (κ3) is 6.88. The Morgan fingerprint density at radius 1 is 1.06 bits per heavy atom. The molecule has 2 aromatic rings. The van der Waals surface area contributed by atoms with E-state index in [9.17, 15) is 28.2 Å². The van der Waals surface area contributed by atoms with Crippen molar-refractivity contribution in [2.75, 3.05) is 33.6 Å². The average molecular weight is 504 g/mol. The number of anilines is 3. The first-order chi connectivity index (χ1) is 16.4. The highest BCUT2D eigenvalue weighted by Gasteiger charge is 2.30. The van der Waals surface area contributed by atoms with Crippen LogP contribution in [0.1, 0.15) is 45.6 Å². The van der Waals surface area contributed by atoms with Crippen LogP contribution in [-0.4, -0.2) is 54.7 Å². The topological polar surface area (TPSA) is 136 Å². The predicted octanol–water partition coefficient (Wildman–Crippen LogP) is 4.19. The molecule has 190 valence electrons. The molecule has 1 aliphatic heterocycles. The number of sulfone groups is 1. The van der Waals surface area contributed by atoms with Gasteiger partial charge in [-0.25, -0.2) is 13.2 Å². The van der Waals surface area contributed by atoms with Crippen LogP contribution in [0.5, 0.6) is 5.75 Å². The molecule has 0 aromatic heterocycles. The molecule has 1 fully saturated rings. The fourth-order valence-corrected chi connectivity index (χ4v) is 5.90. The zero-order valence-electron chi connectivity index (χ0n) is 20.2. The summed E-state index contributed by atoms with van der Waals surface area (Å²) in [4.78, 5) is 26.4. The number of amides is 2.